The zero-order valence-electron chi connectivity index (χ0n) is 13.2. The first-order valence-corrected chi connectivity index (χ1v) is 8.11. The van der Waals surface area contributed by atoms with E-state index in [1.165, 1.54) is 11.1 Å². The number of carbonyl (C=O) groups is 1. The second kappa shape index (κ2) is 5.34. The average molecular weight is 366 g/mol. The van der Waals surface area contributed by atoms with Crippen LogP contribution in [0.1, 0.15) is 37.3 Å². The summed E-state index contributed by atoms with van der Waals surface area (Å²) in [4.78, 5) is 14.0. The third kappa shape index (κ3) is 1.86. The topological polar surface area (TPSA) is 40.5 Å². The maximum absolute atomic E-state index is 11.6. The molecule has 2 aliphatic carbocycles. The van der Waals surface area contributed by atoms with Gasteiger partial charge in [-0.2, -0.15) is 0 Å². The van der Waals surface area contributed by atoms with E-state index in [9.17, 15) is 9.90 Å². The van der Waals surface area contributed by atoms with Crippen LogP contribution in [0.2, 0.25) is 0 Å². The van der Waals surface area contributed by atoms with Crippen molar-refractivity contribution in [2.75, 3.05) is 7.05 Å². The van der Waals surface area contributed by atoms with Crippen molar-refractivity contribution < 1.29 is 9.90 Å². The highest BCUT2D eigenvalue weighted by atomic mass is 79.9. The van der Waals surface area contributed by atoms with Crippen LogP contribution < -0.4 is 0 Å². The van der Waals surface area contributed by atoms with E-state index >= 15 is 0 Å². The van der Waals surface area contributed by atoms with Gasteiger partial charge in [0.15, 0.2) is 0 Å². The van der Waals surface area contributed by atoms with E-state index in [-0.39, 0.29) is 34.4 Å². The van der Waals surface area contributed by atoms with Gasteiger partial charge in [-0.15, -0.1) is 17.0 Å². The molecule has 1 saturated carbocycles. The molecule has 5 atom stereocenters. The second-order valence-corrected chi connectivity index (χ2v) is 7.16. The van der Waals surface area contributed by atoms with Crippen LogP contribution in [0.15, 0.2) is 24.3 Å². The van der Waals surface area contributed by atoms with Gasteiger partial charge in [0.05, 0.1) is 5.92 Å². The van der Waals surface area contributed by atoms with Gasteiger partial charge in [-0.1, -0.05) is 31.2 Å². The van der Waals surface area contributed by atoms with Crippen molar-refractivity contribution in [3.05, 3.63) is 35.4 Å². The van der Waals surface area contributed by atoms with Crippen LogP contribution in [0.3, 0.4) is 0 Å². The number of carboxylic acids is 1. The highest BCUT2D eigenvalue weighted by Crippen LogP contribution is 2.59. The lowest BCUT2D eigenvalue weighted by Gasteiger charge is -2.64. The zero-order valence-corrected chi connectivity index (χ0v) is 14.9. The van der Waals surface area contributed by atoms with Crippen LogP contribution in [0.5, 0.6) is 0 Å². The normalized spacial score (nSPS) is 39.0. The molecule has 4 heteroatoms. The van der Waals surface area contributed by atoms with Crippen LogP contribution in [-0.2, 0) is 16.6 Å². The quantitative estimate of drug-likeness (QED) is 0.874. The molecule has 1 aromatic carbocycles. The molecule has 3 fully saturated rings. The predicted octanol–water partition coefficient (Wildman–Crippen LogP) is 3.26. The minimum absolute atomic E-state index is 0. The van der Waals surface area contributed by atoms with E-state index in [1.54, 1.807) is 0 Å². The molecule has 0 amide bonds. The highest BCUT2D eigenvalue weighted by Gasteiger charge is 2.61. The number of fused-ring (bicyclic) bond motifs is 2. The molecule has 2 heterocycles. The average Bonchev–Trinajstić information content (AvgIpc) is 2.50. The van der Waals surface area contributed by atoms with Crippen molar-refractivity contribution in [3.63, 3.8) is 0 Å². The maximum atomic E-state index is 11.6. The monoisotopic (exact) mass is 365 g/mol. The summed E-state index contributed by atoms with van der Waals surface area (Å²) >= 11 is 0. The number of likely N-dealkylation sites (N-methyl/N-ethyl adjacent to an activating group) is 1. The number of nitrogens with zero attached hydrogens (tertiary/aromatic N) is 1. The standard InChI is InChI=1S/C18H23NO2.BrH/c1-3-18-10-16-12(17(20)21)9-14(18)15(19(16)2)8-11-6-4-5-7-13(11)18;/h4-7,12,14-16H,3,8-10H2,1-2H3,(H,20,21);1H/t12?,14?,15?,16?,18-;/m0./s1. The fourth-order valence-corrected chi connectivity index (χ4v) is 5.67. The van der Waals surface area contributed by atoms with Gasteiger partial charge in [0, 0.05) is 17.5 Å². The number of piperidine rings is 2. The molecule has 1 N–H and O–H groups in total. The van der Waals surface area contributed by atoms with Gasteiger partial charge in [0.1, 0.15) is 0 Å². The molecule has 3 nitrogen and oxygen atoms in total. The van der Waals surface area contributed by atoms with Crippen molar-refractivity contribution >= 4 is 23.0 Å². The van der Waals surface area contributed by atoms with Crippen LogP contribution in [0, 0.1) is 11.8 Å². The number of carboxylic acid groups (broad SMARTS) is 1. The molecule has 4 aliphatic rings. The fraction of sp³-hybridized carbons (Fsp3) is 0.611. The smallest absolute Gasteiger partial charge is 0.308 e. The van der Waals surface area contributed by atoms with Gasteiger partial charge in [0.2, 0.25) is 0 Å². The maximum Gasteiger partial charge on any atom is 0.308 e. The van der Waals surface area contributed by atoms with E-state index < -0.39 is 5.97 Å². The van der Waals surface area contributed by atoms with Gasteiger partial charge in [-0.3, -0.25) is 9.69 Å². The number of benzene rings is 1. The van der Waals surface area contributed by atoms with Gasteiger partial charge in [-0.25, -0.2) is 0 Å². The SMILES string of the molecule is Br.CC[C@@]12CC3C(C(=O)O)CC1C(Cc1ccccc12)N3C. The summed E-state index contributed by atoms with van der Waals surface area (Å²) in [5.74, 6) is -0.288. The number of hydrogen-bond donors (Lipinski definition) is 1. The van der Waals surface area contributed by atoms with Crippen LogP contribution in [0.25, 0.3) is 0 Å². The lowest BCUT2D eigenvalue weighted by molar-refractivity contribution is -0.159. The molecule has 0 radical (unpaired) electrons. The predicted molar refractivity (Wildman–Crippen MR) is 91.6 cm³/mol. The van der Waals surface area contributed by atoms with Gasteiger partial charge >= 0.3 is 5.97 Å². The molecule has 2 aliphatic heterocycles. The van der Waals surface area contributed by atoms with Crippen LogP contribution in [-0.4, -0.2) is 35.1 Å². The highest BCUT2D eigenvalue weighted by molar-refractivity contribution is 8.93. The first-order chi connectivity index (χ1) is 10.1. The molecule has 4 unspecified atom stereocenters. The lowest BCUT2D eigenvalue weighted by atomic mass is 9.48. The van der Waals surface area contributed by atoms with Crippen molar-refractivity contribution in [1.29, 1.82) is 0 Å². The number of rotatable bonds is 2. The summed E-state index contributed by atoms with van der Waals surface area (Å²) in [5.41, 5.74) is 3.21. The van der Waals surface area contributed by atoms with E-state index in [2.05, 4.69) is 43.1 Å². The molecular formula is C18H24BrNO2. The molecule has 22 heavy (non-hydrogen) atoms. The molecule has 120 valence electrons. The molecule has 5 rings (SSSR count). The first kappa shape index (κ1) is 16.0. The van der Waals surface area contributed by atoms with Crippen LogP contribution >= 0.6 is 17.0 Å². The minimum atomic E-state index is -0.603. The molecule has 2 saturated heterocycles. The van der Waals surface area contributed by atoms with Crippen LogP contribution in [0.4, 0.5) is 0 Å². The Morgan fingerprint density at radius 2 is 2.09 bits per heavy atom. The van der Waals surface area contributed by atoms with Crippen molar-refractivity contribution in [3.8, 4) is 0 Å². The summed E-state index contributed by atoms with van der Waals surface area (Å²) in [6, 6.07) is 9.58. The number of aliphatic carboxylic acids is 1. The molecule has 0 aromatic heterocycles. The van der Waals surface area contributed by atoms with Gasteiger partial charge in [0.25, 0.3) is 0 Å². The lowest BCUT2D eigenvalue weighted by Crippen LogP contribution is -2.69. The third-order valence-corrected chi connectivity index (χ3v) is 6.70. The van der Waals surface area contributed by atoms with Gasteiger partial charge in [-0.05, 0) is 49.8 Å². The Kier molecular flexibility index (Phi) is 3.89. The van der Waals surface area contributed by atoms with Crippen molar-refractivity contribution in [1.82, 2.24) is 4.90 Å². The fourth-order valence-electron chi connectivity index (χ4n) is 5.67. The number of hydrogen-bond acceptors (Lipinski definition) is 2. The van der Waals surface area contributed by atoms with Gasteiger partial charge < -0.3 is 5.11 Å². The Bertz CT molecular complexity index is 605. The van der Waals surface area contributed by atoms with E-state index in [0.29, 0.717) is 12.0 Å². The summed E-state index contributed by atoms with van der Waals surface area (Å²) in [7, 11) is 2.14. The molecule has 4 bridgehead atoms. The second-order valence-electron chi connectivity index (χ2n) is 7.16. The van der Waals surface area contributed by atoms with Crippen molar-refractivity contribution in [2.45, 2.75) is 50.1 Å². The van der Waals surface area contributed by atoms with E-state index in [4.69, 9.17) is 0 Å². The summed E-state index contributed by atoms with van der Waals surface area (Å²) < 4.78 is 0. The molecular weight excluding hydrogens is 342 g/mol. The Morgan fingerprint density at radius 1 is 1.36 bits per heavy atom. The number of halogens is 1. The largest absolute Gasteiger partial charge is 0.481 e. The third-order valence-electron chi connectivity index (χ3n) is 6.70. The summed E-state index contributed by atoms with van der Waals surface area (Å²) in [5, 5.41) is 9.57. The Hall–Kier alpha value is -0.870. The zero-order chi connectivity index (χ0) is 14.8. The Morgan fingerprint density at radius 3 is 2.77 bits per heavy atom. The van der Waals surface area contributed by atoms with E-state index in [0.717, 1.165) is 25.7 Å². The Labute approximate surface area is 142 Å². The first-order valence-electron chi connectivity index (χ1n) is 8.11. The summed E-state index contributed by atoms with van der Waals surface area (Å²) in [6.07, 6.45) is 4.08. The Balaban J connectivity index is 0.00000144. The van der Waals surface area contributed by atoms with E-state index in [1.807, 2.05) is 0 Å². The molecule has 1 aromatic rings. The minimum Gasteiger partial charge on any atom is -0.481 e. The molecule has 0 spiro atoms. The summed E-state index contributed by atoms with van der Waals surface area (Å²) in [6.45, 7) is 2.29. The van der Waals surface area contributed by atoms with Crippen molar-refractivity contribution in [2.24, 2.45) is 11.8 Å².